The van der Waals surface area contributed by atoms with Gasteiger partial charge in [-0.2, -0.15) is 0 Å². The Kier molecular flexibility index (Phi) is 3.65. The zero-order chi connectivity index (χ0) is 13.1. The number of hydrogen-bond donors (Lipinski definition) is 1. The number of benzene rings is 2. The van der Waals surface area contributed by atoms with E-state index >= 15 is 0 Å². The lowest BCUT2D eigenvalue weighted by molar-refractivity contribution is 0.502. The van der Waals surface area contributed by atoms with Crippen LogP contribution in [-0.2, 0) is 19.3 Å². The molecule has 0 aromatic heterocycles. The average Bonchev–Trinajstić information content (AvgIpc) is 2.48. The molecule has 1 heteroatoms. The van der Waals surface area contributed by atoms with Crippen molar-refractivity contribution in [3.05, 3.63) is 70.8 Å². The van der Waals surface area contributed by atoms with Gasteiger partial charge in [-0.05, 0) is 48.1 Å². The molecule has 2 aromatic carbocycles. The van der Waals surface area contributed by atoms with Gasteiger partial charge < -0.3 is 5.32 Å². The summed E-state index contributed by atoms with van der Waals surface area (Å²) < 4.78 is 0. The Morgan fingerprint density at radius 2 is 1.89 bits per heavy atom. The van der Waals surface area contributed by atoms with Gasteiger partial charge in [-0.15, -0.1) is 0 Å². The molecule has 1 atom stereocenters. The van der Waals surface area contributed by atoms with Crippen LogP contribution in [0.2, 0.25) is 0 Å². The summed E-state index contributed by atoms with van der Waals surface area (Å²) in [6, 6.07) is 18.3. The van der Waals surface area contributed by atoms with Crippen molar-refractivity contribution in [1.82, 2.24) is 5.32 Å². The van der Waals surface area contributed by atoms with E-state index in [0.717, 1.165) is 25.8 Å². The van der Waals surface area contributed by atoms with Crippen molar-refractivity contribution in [2.75, 3.05) is 6.54 Å². The van der Waals surface area contributed by atoms with Gasteiger partial charge in [-0.1, -0.05) is 55.5 Å². The van der Waals surface area contributed by atoms with Gasteiger partial charge in [0, 0.05) is 6.04 Å². The highest BCUT2D eigenvalue weighted by atomic mass is 14.9. The summed E-state index contributed by atoms with van der Waals surface area (Å²) in [6.07, 6.45) is 3.36. The summed E-state index contributed by atoms with van der Waals surface area (Å²) in [5.41, 5.74) is 5.89. The van der Waals surface area contributed by atoms with Crippen molar-refractivity contribution in [3.8, 4) is 0 Å². The molecule has 0 radical (unpaired) electrons. The van der Waals surface area contributed by atoms with E-state index < -0.39 is 0 Å². The van der Waals surface area contributed by atoms with Crippen molar-refractivity contribution in [3.63, 3.8) is 0 Å². The zero-order valence-corrected chi connectivity index (χ0v) is 11.5. The molecule has 1 unspecified atom stereocenters. The van der Waals surface area contributed by atoms with E-state index in [1.54, 1.807) is 0 Å². The first-order valence-corrected chi connectivity index (χ1v) is 7.26. The first-order chi connectivity index (χ1) is 9.36. The van der Waals surface area contributed by atoms with Crippen LogP contribution < -0.4 is 5.32 Å². The van der Waals surface area contributed by atoms with Crippen LogP contribution in [0.1, 0.15) is 35.2 Å². The van der Waals surface area contributed by atoms with Gasteiger partial charge in [0.25, 0.3) is 0 Å². The third kappa shape index (κ3) is 2.71. The topological polar surface area (TPSA) is 12.0 Å². The molecule has 98 valence electrons. The Morgan fingerprint density at radius 3 is 2.68 bits per heavy atom. The highest BCUT2D eigenvalue weighted by Crippen LogP contribution is 2.27. The van der Waals surface area contributed by atoms with Crippen LogP contribution in [0.15, 0.2) is 48.5 Å². The zero-order valence-electron chi connectivity index (χ0n) is 11.5. The Bertz CT molecular complexity index is 545. The first-order valence-electron chi connectivity index (χ1n) is 7.26. The third-order valence-corrected chi connectivity index (χ3v) is 4.06. The molecule has 0 bridgehead atoms. The van der Waals surface area contributed by atoms with E-state index in [-0.39, 0.29) is 0 Å². The maximum Gasteiger partial charge on any atom is 0.0363 e. The highest BCUT2D eigenvalue weighted by Gasteiger charge is 2.19. The van der Waals surface area contributed by atoms with Crippen molar-refractivity contribution in [1.29, 1.82) is 0 Å². The van der Waals surface area contributed by atoms with Crippen LogP contribution in [0.3, 0.4) is 0 Å². The second-order valence-electron chi connectivity index (χ2n) is 5.33. The summed E-state index contributed by atoms with van der Waals surface area (Å²) in [6.45, 7) is 3.32. The lowest BCUT2D eigenvalue weighted by Gasteiger charge is -2.27. The molecular formula is C18H21N. The predicted molar refractivity (Wildman–Crippen MR) is 80.4 cm³/mol. The standard InChI is InChI=1S/C18H21N/c1-2-14-8-9-16-10-11-19-18(17(16)12-14)13-15-6-4-3-5-7-15/h3-9,12,18-19H,2,10-11,13H2,1H3. The van der Waals surface area contributed by atoms with Crippen molar-refractivity contribution >= 4 is 0 Å². The monoisotopic (exact) mass is 251 g/mol. The summed E-state index contributed by atoms with van der Waals surface area (Å²) in [5, 5.41) is 3.68. The fourth-order valence-corrected chi connectivity index (χ4v) is 2.94. The van der Waals surface area contributed by atoms with E-state index in [4.69, 9.17) is 0 Å². The van der Waals surface area contributed by atoms with Gasteiger partial charge in [0.05, 0.1) is 0 Å². The van der Waals surface area contributed by atoms with E-state index in [9.17, 15) is 0 Å². The second-order valence-corrected chi connectivity index (χ2v) is 5.33. The molecule has 1 aliphatic rings. The Morgan fingerprint density at radius 1 is 1.05 bits per heavy atom. The third-order valence-electron chi connectivity index (χ3n) is 4.06. The normalized spacial score (nSPS) is 18.1. The molecule has 3 rings (SSSR count). The molecule has 0 saturated heterocycles. The fourth-order valence-electron chi connectivity index (χ4n) is 2.94. The van der Waals surface area contributed by atoms with E-state index in [1.165, 1.54) is 22.3 Å². The van der Waals surface area contributed by atoms with Gasteiger partial charge in [-0.3, -0.25) is 0 Å². The molecule has 2 aromatic rings. The minimum absolute atomic E-state index is 0.470. The molecule has 0 saturated carbocycles. The molecule has 19 heavy (non-hydrogen) atoms. The number of aryl methyl sites for hydroxylation is 1. The van der Waals surface area contributed by atoms with Gasteiger partial charge in [0.1, 0.15) is 0 Å². The molecule has 0 aliphatic carbocycles. The predicted octanol–water partition coefficient (Wildman–Crippen LogP) is 3.68. The number of fused-ring (bicyclic) bond motifs is 1. The summed E-state index contributed by atoms with van der Waals surface area (Å²) in [7, 11) is 0. The van der Waals surface area contributed by atoms with Crippen LogP contribution in [0, 0.1) is 0 Å². The van der Waals surface area contributed by atoms with Crippen molar-refractivity contribution < 1.29 is 0 Å². The summed E-state index contributed by atoms with van der Waals surface area (Å²) in [4.78, 5) is 0. The largest absolute Gasteiger partial charge is 0.309 e. The summed E-state index contributed by atoms with van der Waals surface area (Å²) >= 11 is 0. The van der Waals surface area contributed by atoms with Crippen LogP contribution in [0.4, 0.5) is 0 Å². The number of nitrogens with one attached hydrogen (secondary N) is 1. The second kappa shape index (κ2) is 5.58. The summed E-state index contributed by atoms with van der Waals surface area (Å²) in [5.74, 6) is 0. The molecule has 0 fully saturated rings. The van der Waals surface area contributed by atoms with Crippen molar-refractivity contribution in [2.24, 2.45) is 0 Å². The Labute approximate surface area is 115 Å². The average molecular weight is 251 g/mol. The molecular weight excluding hydrogens is 230 g/mol. The van der Waals surface area contributed by atoms with Gasteiger partial charge >= 0.3 is 0 Å². The van der Waals surface area contributed by atoms with E-state index in [0.29, 0.717) is 6.04 Å². The van der Waals surface area contributed by atoms with Crippen LogP contribution >= 0.6 is 0 Å². The molecule has 1 heterocycles. The quantitative estimate of drug-likeness (QED) is 0.877. The maximum atomic E-state index is 3.68. The highest BCUT2D eigenvalue weighted by molar-refractivity contribution is 5.37. The fraction of sp³-hybridized carbons (Fsp3) is 0.333. The van der Waals surface area contributed by atoms with Gasteiger partial charge in [0.2, 0.25) is 0 Å². The van der Waals surface area contributed by atoms with E-state index in [1.807, 2.05) is 0 Å². The van der Waals surface area contributed by atoms with Gasteiger partial charge in [0.15, 0.2) is 0 Å². The number of hydrogen-bond acceptors (Lipinski definition) is 1. The molecule has 0 amide bonds. The van der Waals surface area contributed by atoms with Crippen molar-refractivity contribution in [2.45, 2.75) is 32.2 Å². The maximum absolute atomic E-state index is 3.68. The molecule has 1 aliphatic heterocycles. The SMILES string of the molecule is CCc1ccc2c(c1)C(Cc1ccccc1)NCC2. The minimum Gasteiger partial charge on any atom is -0.309 e. The molecule has 0 spiro atoms. The number of rotatable bonds is 3. The lowest BCUT2D eigenvalue weighted by atomic mass is 9.89. The first kappa shape index (κ1) is 12.4. The Balaban J connectivity index is 1.89. The lowest BCUT2D eigenvalue weighted by Crippen LogP contribution is -2.31. The Hall–Kier alpha value is -1.60. The smallest absolute Gasteiger partial charge is 0.0363 e. The van der Waals surface area contributed by atoms with Crippen LogP contribution in [-0.4, -0.2) is 6.54 Å². The van der Waals surface area contributed by atoms with Crippen LogP contribution in [0.5, 0.6) is 0 Å². The van der Waals surface area contributed by atoms with Gasteiger partial charge in [-0.25, -0.2) is 0 Å². The molecule has 1 nitrogen and oxygen atoms in total. The van der Waals surface area contributed by atoms with Crippen LogP contribution in [0.25, 0.3) is 0 Å². The van der Waals surface area contributed by atoms with E-state index in [2.05, 4.69) is 60.8 Å². The minimum atomic E-state index is 0.470. The molecule has 1 N–H and O–H groups in total.